The minimum Gasteiger partial charge on any atom is -0.493 e. The van der Waals surface area contributed by atoms with Crippen molar-refractivity contribution in [2.45, 2.75) is 19.0 Å². The second-order valence-corrected chi connectivity index (χ2v) is 7.87. The van der Waals surface area contributed by atoms with Gasteiger partial charge in [-0.1, -0.05) is 0 Å². The molecule has 0 saturated carbocycles. The molecule has 0 aliphatic carbocycles. The number of hydrogen-bond donors (Lipinski definition) is 0. The number of methoxy groups -OCH3 is 3. The topological polar surface area (TPSA) is 51.2 Å². The third-order valence-electron chi connectivity index (χ3n) is 5.41. The molecule has 4 rings (SSSR count). The normalized spacial score (nSPS) is 17.2. The maximum absolute atomic E-state index is 12.9. The first kappa shape index (κ1) is 18.1. The number of likely N-dealkylation sites (tertiary alicyclic amines) is 1. The van der Waals surface area contributed by atoms with Crippen LogP contribution in [0.15, 0.2) is 23.6 Å². The van der Waals surface area contributed by atoms with E-state index in [9.17, 15) is 4.79 Å². The van der Waals surface area contributed by atoms with Gasteiger partial charge in [-0.05, 0) is 35.6 Å². The average Bonchev–Trinajstić information content (AvgIpc) is 3.13. The Morgan fingerprint density at radius 3 is 2.44 bits per heavy atom. The smallest absolute Gasteiger partial charge is 0.254 e. The van der Waals surface area contributed by atoms with Gasteiger partial charge in [0.05, 0.1) is 21.3 Å². The summed E-state index contributed by atoms with van der Waals surface area (Å²) in [7, 11) is 4.67. The Bertz CT molecular complexity index is 819. The molecule has 6 nitrogen and oxygen atoms in total. The molecule has 144 valence electrons. The summed E-state index contributed by atoms with van der Waals surface area (Å²) >= 11 is 1.85. The summed E-state index contributed by atoms with van der Waals surface area (Å²) in [6.45, 7) is 3.59. The molecule has 0 radical (unpaired) electrons. The molecule has 1 saturated heterocycles. The average molecular weight is 388 g/mol. The molecule has 0 unspecified atom stereocenters. The fourth-order valence-electron chi connectivity index (χ4n) is 3.82. The van der Waals surface area contributed by atoms with Crippen LogP contribution < -0.4 is 14.2 Å². The monoisotopic (exact) mass is 388 g/mol. The molecule has 0 N–H and O–H groups in total. The summed E-state index contributed by atoms with van der Waals surface area (Å²) in [4.78, 5) is 18.8. The van der Waals surface area contributed by atoms with E-state index in [1.807, 2.05) is 16.2 Å². The maximum Gasteiger partial charge on any atom is 0.254 e. The first-order chi connectivity index (χ1) is 13.1. The van der Waals surface area contributed by atoms with Gasteiger partial charge in [0.25, 0.3) is 5.91 Å². The van der Waals surface area contributed by atoms with Crippen molar-refractivity contribution in [3.63, 3.8) is 0 Å². The van der Waals surface area contributed by atoms with Crippen molar-refractivity contribution in [2.24, 2.45) is 0 Å². The summed E-state index contributed by atoms with van der Waals surface area (Å²) < 4.78 is 16.1. The van der Waals surface area contributed by atoms with E-state index in [4.69, 9.17) is 14.2 Å². The lowest BCUT2D eigenvalue weighted by atomic mass is 10.0. The van der Waals surface area contributed by atoms with Gasteiger partial charge in [-0.3, -0.25) is 9.69 Å². The number of carbonyl (C=O) groups excluding carboxylic acids is 1. The molecule has 0 spiro atoms. The molecule has 1 amide bonds. The van der Waals surface area contributed by atoms with Gasteiger partial charge in [-0.25, -0.2) is 0 Å². The Balaban J connectivity index is 1.43. The van der Waals surface area contributed by atoms with Crippen molar-refractivity contribution in [1.29, 1.82) is 0 Å². The van der Waals surface area contributed by atoms with Crippen molar-refractivity contribution in [2.75, 3.05) is 41.0 Å². The highest BCUT2D eigenvalue weighted by molar-refractivity contribution is 7.10. The molecule has 27 heavy (non-hydrogen) atoms. The minimum absolute atomic E-state index is 0.00117. The summed E-state index contributed by atoms with van der Waals surface area (Å²) in [6.07, 6.45) is 1.12. The third-order valence-corrected chi connectivity index (χ3v) is 6.44. The van der Waals surface area contributed by atoms with E-state index in [1.54, 1.807) is 33.5 Å². The molecule has 2 aliphatic rings. The fourth-order valence-corrected chi connectivity index (χ4v) is 4.71. The van der Waals surface area contributed by atoms with Crippen LogP contribution in [-0.2, 0) is 13.0 Å². The lowest BCUT2D eigenvalue weighted by molar-refractivity contribution is 0.0220. The van der Waals surface area contributed by atoms with Gasteiger partial charge in [0.2, 0.25) is 5.75 Å². The highest BCUT2D eigenvalue weighted by Crippen LogP contribution is 2.39. The number of carbonyl (C=O) groups is 1. The van der Waals surface area contributed by atoms with E-state index in [0.29, 0.717) is 28.9 Å². The lowest BCUT2D eigenvalue weighted by Crippen LogP contribution is -2.61. The lowest BCUT2D eigenvalue weighted by Gasteiger charge is -2.46. The third kappa shape index (κ3) is 3.26. The highest BCUT2D eigenvalue weighted by Gasteiger charge is 2.37. The summed E-state index contributed by atoms with van der Waals surface area (Å²) in [5, 5.41) is 2.18. The van der Waals surface area contributed by atoms with Gasteiger partial charge in [0.15, 0.2) is 11.5 Å². The zero-order chi connectivity index (χ0) is 19.0. The predicted molar refractivity (Wildman–Crippen MR) is 104 cm³/mol. The second-order valence-electron chi connectivity index (χ2n) is 6.87. The molecule has 1 aromatic heterocycles. The van der Waals surface area contributed by atoms with Crippen molar-refractivity contribution in [3.05, 3.63) is 39.6 Å². The number of nitrogens with zero attached hydrogens (tertiary/aromatic N) is 2. The van der Waals surface area contributed by atoms with E-state index < -0.39 is 0 Å². The molecule has 7 heteroatoms. The number of ether oxygens (including phenoxy) is 3. The Morgan fingerprint density at radius 1 is 1.11 bits per heavy atom. The zero-order valence-corrected chi connectivity index (χ0v) is 16.7. The Kier molecular flexibility index (Phi) is 4.97. The van der Waals surface area contributed by atoms with Gasteiger partial charge in [-0.2, -0.15) is 0 Å². The summed E-state index contributed by atoms with van der Waals surface area (Å²) in [5.41, 5.74) is 2.00. The number of rotatable bonds is 5. The van der Waals surface area contributed by atoms with Crippen LogP contribution in [0.5, 0.6) is 17.2 Å². The molecule has 3 heterocycles. The van der Waals surface area contributed by atoms with Gasteiger partial charge >= 0.3 is 0 Å². The SMILES string of the molecule is COc1cc(C(=O)N2CC(N3CCc4sccc4C3)C2)cc(OC)c1OC. The molecular weight excluding hydrogens is 364 g/mol. The quantitative estimate of drug-likeness (QED) is 0.788. The van der Waals surface area contributed by atoms with Crippen LogP contribution in [0.2, 0.25) is 0 Å². The second kappa shape index (κ2) is 7.40. The van der Waals surface area contributed by atoms with Gasteiger partial charge in [0, 0.05) is 42.7 Å². The Labute approximate surface area is 163 Å². The van der Waals surface area contributed by atoms with Crippen LogP contribution in [0.4, 0.5) is 0 Å². The highest BCUT2D eigenvalue weighted by atomic mass is 32.1. The molecule has 2 aliphatic heterocycles. The van der Waals surface area contributed by atoms with Crippen LogP contribution in [0.1, 0.15) is 20.8 Å². The van der Waals surface area contributed by atoms with Crippen molar-refractivity contribution >= 4 is 17.2 Å². The van der Waals surface area contributed by atoms with Crippen LogP contribution in [0, 0.1) is 0 Å². The van der Waals surface area contributed by atoms with E-state index in [0.717, 1.165) is 32.6 Å². The van der Waals surface area contributed by atoms with Gasteiger partial charge in [-0.15, -0.1) is 11.3 Å². The molecular formula is C20H24N2O4S. The van der Waals surface area contributed by atoms with E-state index in [2.05, 4.69) is 16.3 Å². The van der Waals surface area contributed by atoms with Crippen LogP contribution >= 0.6 is 11.3 Å². The van der Waals surface area contributed by atoms with Crippen LogP contribution in [0.25, 0.3) is 0 Å². The van der Waals surface area contributed by atoms with Crippen LogP contribution in [0.3, 0.4) is 0 Å². The van der Waals surface area contributed by atoms with Crippen molar-refractivity contribution in [3.8, 4) is 17.2 Å². The number of fused-ring (bicyclic) bond motifs is 1. The van der Waals surface area contributed by atoms with E-state index >= 15 is 0 Å². The summed E-state index contributed by atoms with van der Waals surface area (Å²) in [6, 6.07) is 6.10. The molecule has 0 bridgehead atoms. The molecule has 2 aromatic rings. The van der Waals surface area contributed by atoms with Gasteiger partial charge < -0.3 is 19.1 Å². The maximum atomic E-state index is 12.9. The van der Waals surface area contributed by atoms with E-state index in [-0.39, 0.29) is 5.91 Å². The van der Waals surface area contributed by atoms with Crippen molar-refractivity contribution < 1.29 is 19.0 Å². The van der Waals surface area contributed by atoms with Gasteiger partial charge in [0.1, 0.15) is 0 Å². The van der Waals surface area contributed by atoms with E-state index in [1.165, 1.54) is 10.4 Å². The fraction of sp³-hybridized carbons (Fsp3) is 0.450. The first-order valence-corrected chi connectivity index (χ1v) is 9.91. The number of thiophene rings is 1. The standard InChI is InChI=1S/C20H24N2O4S/c1-24-16-8-14(9-17(25-2)19(16)26-3)20(23)22-11-15(12-22)21-6-4-18-13(10-21)5-7-27-18/h5,7-9,15H,4,6,10-12H2,1-3H3. The largest absolute Gasteiger partial charge is 0.493 e. The molecule has 1 fully saturated rings. The minimum atomic E-state index is -0.00117. The number of benzene rings is 1. The van der Waals surface area contributed by atoms with Crippen molar-refractivity contribution in [1.82, 2.24) is 9.80 Å². The predicted octanol–water partition coefficient (Wildman–Crippen LogP) is 2.66. The number of amides is 1. The number of hydrogen-bond acceptors (Lipinski definition) is 6. The Hall–Kier alpha value is -2.25. The molecule has 0 atom stereocenters. The molecule has 1 aromatic carbocycles. The van der Waals surface area contributed by atoms with Crippen LogP contribution in [-0.4, -0.2) is 62.7 Å². The Morgan fingerprint density at radius 2 is 1.81 bits per heavy atom. The zero-order valence-electron chi connectivity index (χ0n) is 15.9. The summed E-state index contributed by atoms with van der Waals surface area (Å²) in [5.74, 6) is 1.49. The first-order valence-electron chi connectivity index (χ1n) is 9.03.